The second-order valence-corrected chi connectivity index (χ2v) is 5.68. The first-order valence-electron chi connectivity index (χ1n) is 7.64. The van der Waals surface area contributed by atoms with Crippen LogP contribution in [0.1, 0.15) is 18.4 Å². The molecule has 4 nitrogen and oxygen atoms in total. The summed E-state index contributed by atoms with van der Waals surface area (Å²) in [4.78, 5) is 13.9. The third-order valence-corrected chi connectivity index (χ3v) is 3.79. The number of likely N-dealkylation sites (tertiary alicyclic amines) is 1. The molecule has 1 aliphatic heterocycles. The van der Waals surface area contributed by atoms with Gasteiger partial charge in [0.2, 0.25) is 0 Å². The second-order valence-electron chi connectivity index (χ2n) is 5.68. The van der Waals surface area contributed by atoms with E-state index in [1.807, 2.05) is 0 Å². The largest absolute Gasteiger partial charge is 0.416 e. The van der Waals surface area contributed by atoms with Crippen LogP contribution in [0, 0.1) is 18.3 Å². The first-order valence-corrected chi connectivity index (χ1v) is 7.64. The zero-order chi connectivity index (χ0) is 17.6. The lowest BCUT2D eigenvalue weighted by Gasteiger charge is -2.32. The Kier molecular flexibility index (Phi) is 6.10. The molecule has 0 aliphatic carbocycles. The molecule has 2 amide bonds. The molecule has 0 aromatic heterocycles. The molecule has 1 fully saturated rings. The number of hydrogen-bond donors (Lipinski definition) is 1. The number of carbonyl (C=O) groups is 1. The molecule has 1 saturated heterocycles. The normalized spacial score (nSPS) is 18.1. The summed E-state index contributed by atoms with van der Waals surface area (Å²) in [5, 5.41) is 2.53. The van der Waals surface area contributed by atoms with Crippen molar-refractivity contribution in [1.29, 1.82) is 0 Å². The standard InChI is InChI=1S/C17H19F3N2O2/c1-2-9-24-12-13-5-4-8-22(11-13)16(23)21-15-7-3-6-14(10-15)17(18,19)20/h1,3,6-7,10,13H,4-5,8-9,11-12H2,(H,21,23)/t13-/m1/s1. The molecule has 0 unspecified atom stereocenters. The predicted octanol–water partition coefficient (Wildman–Crippen LogP) is 3.60. The zero-order valence-electron chi connectivity index (χ0n) is 13.1. The molecule has 1 N–H and O–H groups in total. The molecule has 2 rings (SSSR count). The zero-order valence-corrected chi connectivity index (χ0v) is 13.1. The van der Waals surface area contributed by atoms with Crippen LogP contribution in [0.5, 0.6) is 0 Å². The number of hydrogen-bond acceptors (Lipinski definition) is 2. The van der Waals surface area contributed by atoms with E-state index in [2.05, 4.69) is 11.2 Å². The number of carbonyl (C=O) groups excluding carboxylic acids is 1. The first kappa shape index (κ1) is 18.1. The summed E-state index contributed by atoms with van der Waals surface area (Å²) in [6.07, 6.45) is 2.43. The van der Waals surface area contributed by atoms with Crippen molar-refractivity contribution in [2.75, 3.05) is 31.6 Å². The fourth-order valence-electron chi connectivity index (χ4n) is 2.65. The van der Waals surface area contributed by atoms with Gasteiger partial charge in [-0.25, -0.2) is 4.79 Å². The second kappa shape index (κ2) is 8.06. The Labute approximate surface area is 139 Å². The minimum atomic E-state index is -4.44. The number of rotatable bonds is 4. The lowest BCUT2D eigenvalue weighted by atomic mass is 9.99. The van der Waals surface area contributed by atoms with E-state index in [1.165, 1.54) is 12.1 Å². The maximum atomic E-state index is 12.7. The number of ether oxygens (including phenoxy) is 1. The molecule has 1 aliphatic rings. The Morgan fingerprint density at radius 2 is 2.25 bits per heavy atom. The summed E-state index contributed by atoms with van der Waals surface area (Å²) < 4.78 is 43.4. The molecule has 1 atom stereocenters. The number of amides is 2. The van der Waals surface area contributed by atoms with Gasteiger partial charge in [-0.05, 0) is 31.0 Å². The van der Waals surface area contributed by atoms with Crippen molar-refractivity contribution in [1.82, 2.24) is 4.90 Å². The van der Waals surface area contributed by atoms with E-state index in [-0.39, 0.29) is 18.2 Å². The number of anilines is 1. The van der Waals surface area contributed by atoms with Crippen molar-refractivity contribution in [3.8, 4) is 12.3 Å². The highest BCUT2D eigenvalue weighted by Gasteiger charge is 2.31. The number of terminal acetylenes is 1. The molecule has 1 aromatic rings. The Hall–Kier alpha value is -2.20. The van der Waals surface area contributed by atoms with E-state index >= 15 is 0 Å². The predicted molar refractivity (Wildman–Crippen MR) is 84.4 cm³/mol. The number of benzene rings is 1. The third-order valence-electron chi connectivity index (χ3n) is 3.79. The fraction of sp³-hybridized carbons (Fsp3) is 0.471. The highest BCUT2D eigenvalue weighted by molar-refractivity contribution is 5.89. The minimum Gasteiger partial charge on any atom is -0.368 e. The van der Waals surface area contributed by atoms with Crippen LogP contribution in [0.3, 0.4) is 0 Å². The van der Waals surface area contributed by atoms with Crippen LogP contribution in [0.4, 0.5) is 23.7 Å². The number of nitrogens with zero attached hydrogens (tertiary/aromatic N) is 1. The van der Waals surface area contributed by atoms with E-state index in [0.717, 1.165) is 25.0 Å². The first-order chi connectivity index (χ1) is 11.4. The van der Waals surface area contributed by atoms with Gasteiger partial charge in [-0.1, -0.05) is 12.0 Å². The van der Waals surface area contributed by atoms with Crippen LogP contribution in [-0.4, -0.2) is 37.2 Å². The van der Waals surface area contributed by atoms with Gasteiger partial charge in [0.05, 0.1) is 12.2 Å². The molecule has 0 bridgehead atoms. The molecule has 0 saturated carbocycles. The van der Waals surface area contributed by atoms with Gasteiger partial charge in [0.15, 0.2) is 0 Å². The molecule has 0 spiro atoms. The molecular formula is C17H19F3N2O2. The van der Waals surface area contributed by atoms with Crippen molar-refractivity contribution in [3.05, 3.63) is 29.8 Å². The number of urea groups is 1. The molecule has 24 heavy (non-hydrogen) atoms. The van der Waals surface area contributed by atoms with Crippen molar-refractivity contribution >= 4 is 11.7 Å². The van der Waals surface area contributed by atoms with Gasteiger partial charge in [0.1, 0.15) is 6.61 Å². The van der Waals surface area contributed by atoms with Gasteiger partial charge in [-0.15, -0.1) is 6.42 Å². The van der Waals surface area contributed by atoms with Gasteiger partial charge in [-0.3, -0.25) is 0 Å². The van der Waals surface area contributed by atoms with Gasteiger partial charge in [0, 0.05) is 24.7 Å². The Balaban J connectivity index is 1.93. The quantitative estimate of drug-likeness (QED) is 0.672. The van der Waals surface area contributed by atoms with Crippen LogP contribution in [0.15, 0.2) is 24.3 Å². The molecule has 130 valence electrons. The lowest BCUT2D eigenvalue weighted by Crippen LogP contribution is -2.43. The van der Waals surface area contributed by atoms with Crippen LogP contribution in [-0.2, 0) is 10.9 Å². The summed E-state index contributed by atoms with van der Waals surface area (Å²) in [7, 11) is 0. The van der Waals surface area contributed by atoms with E-state index in [4.69, 9.17) is 11.2 Å². The fourth-order valence-corrected chi connectivity index (χ4v) is 2.65. The average Bonchev–Trinajstić information content (AvgIpc) is 2.55. The molecule has 7 heteroatoms. The smallest absolute Gasteiger partial charge is 0.368 e. The molecule has 0 radical (unpaired) electrons. The van der Waals surface area contributed by atoms with Crippen molar-refractivity contribution in [2.45, 2.75) is 19.0 Å². The van der Waals surface area contributed by atoms with E-state index in [1.54, 1.807) is 4.90 Å². The van der Waals surface area contributed by atoms with Crippen LogP contribution in [0.2, 0.25) is 0 Å². The summed E-state index contributed by atoms with van der Waals surface area (Å²) >= 11 is 0. The lowest BCUT2D eigenvalue weighted by molar-refractivity contribution is -0.137. The molecule has 1 heterocycles. The Morgan fingerprint density at radius 1 is 1.46 bits per heavy atom. The van der Waals surface area contributed by atoms with Gasteiger partial charge in [-0.2, -0.15) is 13.2 Å². The monoisotopic (exact) mass is 340 g/mol. The van der Waals surface area contributed by atoms with Crippen molar-refractivity contribution in [2.24, 2.45) is 5.92 Å². The summed E-state index contributed by atoms with van der Waals surface area (Å²) in [5.41, 5.74) is -0.667. The topological polar surface area (TPSA) is 41.6 Å². The van der Waals surface area contributed by atoms with E-state index in [9.17, 15) is 18.0 Å². The minimum absolute atomic E-state index is 0.125. The van der Waals surface area contributed by atoms with Crippen molar-refractivity contribution in [3.63, 3.8) is 0 Å². The van der Waals surface area contributed by atoms with Gasteiger partial charge < -0.3 is 15.0 Å². The number of piperidine rings is 1. The van der Waals surface area contributed by atoms with Crippen LogP contribution in [0.25, 0.3) is 0 Å². The number of alkyl halides is 3. The highest BCUT2D eigenvalue weighted by Crippen LogP contribution is 2.30. The van der Waals surface area contributed by atoms with Crippen molar-refractivity contribution < 1.29 is 22.7 Å². The maximum absolute atomic E-state index is 12.7. The molecule has 1 aromatic carbocycles. The van der Waals surface area contributed by atoms with E-state index in [0.29, 0.717) is 19.7 Å². The Morgan fingerprint density at radius 3 is 2.96 bits per heavy atom. The average molecular weight is 340 g/mol. The SMILES string of the molecule is C#CCOC[C@@H]1CCCN(C(=O)Nc2cccc(C(F)(F)F)c2)C1. The van der Waals surface area contributed by atoms with Gasteiger partial charge >= 0.3 is 12.2 Å². The highest BCUT2D eigenvalue weighted by atomic mass is 19.4. The summed E-state index contributed by atoms with van der Waals surface area (Å²) in [5.74, 6) is 2.56. The maximum Gasteiger partial charge on any atom is 0.416 e. The molecular weight excluding hydrogens is 321 g/mol. The third kappa shape index (κ3) is 5.17. The van der Waals surface area contributed by atoms with E-state index < -0.39 is 17.8 Å². The summed E-state index contributed by atoms with van der Waals surface area (Å²) in [6, 6.07) is 4.19. The van der Waals surface area contributed by atoms with Crippen LogP contribution < -0.4 is 5.32 Å². The number of nitrogens with one attached hydrogen (secondary N) is 1. The number of halogens is 3. The Bertz CT molecular complexity index is 611. The van der Waals surface area contributed by atoms with Gasteiger partial charge in [0.25, 0.3) is 0 Å². The van der Waals surface area contributed by atoms with Crippen LogP contribution >= 0.6 is 0 Å². The summed E-state index contributed by atoms with van der Waals surface area (Å²) in [6.45, 7) is 1.76.